The number of aromatic nitrogens is 4. The van der Waals surface area contributed by atoms with Gasteiger partial charge in [-0.1, -0.05) is 16.5 Å². The molecule has 0 bridgehead atoms. The molecule has 14 nitrogen and oxygen atoms in total. The van der Waals surface area contributed by atoms with E-state index in [1.165, 1.54) is 23.1 Å². The second-order valence-corrected chi connectivity index (χ2v) is 10.7. The van der Waals surface area contributed by atoms with Crippen molar-refractivity contribution in [3.8, 4) is 0 Å². The van der Waals surface area contributed by atoms with E-state index in [0.717, 1.165) is 21.3 Å². The number of fused-ring (bicyclic) bond motifs is 2. The lowest BCUT2D eigenvalue weighted by Crippen LogP contribution is -2.71. The van der Waals surface area contributed by atoms with Gasteiger partial charge in [-0.3, -0.25) is 14.5 Å². The number of amides is 2. The number of nitrogens with zero attached hydrogens (tertiary/aromatic N) is 6. The molecule has 0 spiro atoms. The van der Waals surface area contributed by atoms with E-state index in [4.69, 9.17) is 10.6 Å². The predicted octanol–water partition coefficient (Wildman–Crippen LogP) is -1.94. The van der Waals surface area contributed by atoms with E-state index in [-0.39, 0.29) is 47.9 Å². The number of carbonyl (C=O) groups is 3. The number of aliphatic hydroxyl groups is 1. The van der Waals surface area contributed by atoms with Crippen LogP contribution in [0.25, 0.3) is 4.83 Å². The number of imidazole rings is 1. The molecular weight excluding hydrogens is 544 g/mol. The first-order chi connectivity index (χ1) is 17.8. The molecule has 17 heteroatoms. The summed E-state index contributed by atoms with van der Waals surface area (Å²) in [5, 5.41) is 29.7. The number of hydrogen-bond acceptors (Lipinski definition) is 13. The summed E-state index contributed by atoms with van der Waals surface area (Å²) in [5.41, 5.74) is 6.21. The van der Waals surface area contributed by atoms with Gasteiger partial charge >= 0.3 is 0 Å². The van der Waals surface area contributed by atoms with E-state index in [1.807, 2.05) is 16.0 Å². The van der Waals surface area contributed by atoms with Crippen LogP contribution in [-0.4, -0.2) is 71.2 Å². The number of carboxylic acids is 1. The van der Waals surface area contributed by atoms with Crippen molar-refractivity contribution in [3.05, 3.63) is 40.7 Å². The van der Waals surface area contributed by atoms with E-state index in [2.05, 4.69) is 19.8 Å². The molecule has 5 heterocycles. The Morgan fingerprint density at radius 2 is 2.27 bits per heavy atom. The number of oxime groups is 1. The highest BCUT2D eigenvalue weighted by molar-refractivity contribution is 8.00. The Morgan fingerprint density at radius 3 is 2.95 bits per heavy atom. The van der Waals surface area contributed by atoms with Gasteiger partial charge in [-0.2, -0.15) is 13.8 Å². The molecule has 4 N–H and O–H groups in total. The number of aliphatic hydroxyl groups excluding tert-OH is 1. The molecule has 1 saturated heterocycles. The van der Waals surface area contributed by atoms with Gasteiger partial charge in [-0.25, -0.2) is 4.57 Å². The Labute approximate surface area is 221 Å². The zero-order valence-corrected chi connectivity index (χ0v) is 21.6. The molecule has 1 fully saturated rings. The molecule has 0 saturated carbocycles. The summed E-state index contributed by atoms with van der Waals surface area (Å²) in [6.07, 6.45) is 3.59. The third kappa shape index (κ3) is 4.43. The molecule has 0 radical (unpaired) electrons. The third-order valence-electron chi connectivity index (χ3n) is 5.68. The molecule has 5 rings (SSSR count). The molecule has 3 aromatic heterocycles. The number of carbonyl (C=O) groups excluding carboxylic acids is 3. The summed E-state index contributed by atoms with van der Waals surface area (Å²) in [6.45, 7) is 1.78. The first kappa shape index (κ1) is 25.1. The zero-order chi connectivity index (χ0) is 26.3. The van der Waals surface area contributed by atoms with Gasteiger partial charge in [0.25, 0.3) is 11.8 Å². The molecule has 0 aliphatic carbocycles. The van der Waals surface area contributed by atoms with Crippen LogP contribution in [0.15, 0.2) is 34.3 Å². The Kier molecular flexibility index (Phi) is 6.84. The summed E-state index contributed by atoms with van der Waals surface area (Å²) in [6, 6.07) is -1.00. The van der Waals surface area contributed by atoms with Crippen LogP contribution in [0.1, 0.15) is 18.4 Å². The molecule has 0 unspecified atom stereocenters. The van der Waals surface area contributed by atoms with Gasteiger partial charge in [0.1, 0.15) is 37.4 Å². The van der Waals surface area contributed by atoms with Crippen molar-refractivity contribution in [2.45, 2.75) is 31.5 Å². The third-order valence-corrected chi connectivity index (χ3v) is 8.49. The van der Waals surface area contributed by atoms with Crippen molar-refractivity contribution >= 4 is 68.1 Å². The number of nitrogens with two attached hydrogens (primary N) is 1. The second kappa shape index (κ2) is 10.1. The van der Waals surface area contributed by atoms with Crippen LogP contribution < -0.4 is 20.6 Å². The Bertz CT molecular complexity index is 1460. The van der Waals surface area contributed by atoms with Crippen LogP contribution in [0.2, 0.25) is 0 Å². The van der Waals surface area contributed by atoms with Crippen LogP contribution in [0.5, 0.6) is 0 Å². The normalized spacial score (nSPS) is 19.7. The largest absolute Gasteiger partial charge is 0.543 e. The smallest absolute Gasteiger partial charge is 0.278 e. The standard InChI is InChI=1S/C20H20N8O6S3/c1-2-34-24-11(14-23-20(21)37-25-14)15(30)22-12-16(31)28-13(19(32)33)9(7-36-18(12)28)5-27-8-26-3-4-35-17(26)10(27)6-29/h3-4,8,12,18,29H,2,5-7H2,1H3,(H3-,21,22,23,25,30,32,33)/b24-11-/t12-,18-/m1/s1. The zero-order valence-electron chi connectivity index (χ0n) is 19.2. The van der Waals surface area contributed by atoms with Crippen LogP contribution in [0.4, 0.5) is 5.13 Å². The van der Waals surface area contributed by atoms with Gasteiger partial charge < -0.3 is 30.9 Å². The highest BCUT2D eigenvalue weighted by atomic mass is 32.2. The first-order valence-corrected chi connectivity index (χ1v) is 13.6. The fraction of sp³-hybridized carbons (Fsp3) is 0.350. The van der Waals surface area contributed by atoms with Gasteiger partial charge in [-0.15, -0.1) is 11.8 Å². The van der Waals surface area contributed by atoms with Crippen molar-refractivity contribution in [1.29, 1.82) is 0 Å². The molecule has 3 aromatic rings. The van der Waals surface area contributed by atoms with Gasteiger partial charge in [0, 0.05) is 28.2 Å². The van der Waals surface area contributed by atoms with Crippen molar-refractivity contribution in [2.75, 3.05) is 18.1 Å². The maximum Gasteiger partial charge on any atom is 0.278 e. The summed E-state index contributed by atoms with van der Waals surface area (Å²) < 4.78 is 7.55. The van der Waals surface area contributed by atoms with Gasteiger partial charge in [0.2, 0.25) is 22.7 Å². The number of thiazole rings is 1. The molecule has 2 aliphatic rings. The Morgan fingerprint density at radius 1 is 1.46 bits per heavy atom. The molecule has 0 aromatic carbocycles. The number of hydrogen-bond donors (Lipinski definition) is 3. The number of carboxylic acid groups (broad SMARTS) is 1. The Balaban J connectivity index is 1.37. The highest BCUT2D eigenvalue weighted by Crippen LogP contribution is 2.40. The van der Waals surface area contributed by atoms with Crippen molar-refractivity contribution < 1.29 is 33.8 Å². The fourth-order valence-electron chi connectivity index (χ4n) is 4.09. The number of β-lactam (4-membered cyclic amide) rings is 1. The maximum absolute atomic E-state index is 13.0. The predicted molar refractivity (Wildman–Crippen MR) is 131 cm³/mol. The van der Waals surface area contributed by atoms with Crippen LogP contribution in [-0.2, 0) is 32.4 Å². The van der Waals surface area contributed by atoms with Gasteiger partial charge in [0.05, 0.1) is 11.7 Å². The quantitative estimate of drug-likeness (QED) is 0.114. The molecular formula is C20H20N8O6S3. The van der Waals surface area contributed by atoms with Crippen molar-refractivity contribution in [1.82, 2.24) is 24.1 Å². The lowest BCUT2D eigenvalue weighted by Gasteiger charge is -2.50. The van der Waals surface area contributed by atoms with E-state index in [1.54, 1.807) is 17.8 Å². The molecule has 37 heavy (non-hydrogen) atoms. The molecule has 194 valence electrons. The minimum atomic E-state index is -1.49. The second-order valence-electron chi connectivity index (χ2n) is 7.88. The highest BCUT2D eigenvalue weighted by Gasteiger charge is 2.53. The topological polar surface area (TPSA) is 192 Å². The maximum atomic E-state index is 13.0. The number of thioether (sulfide) groups is 1. The van der Waals surface area contributed by atoms with Crippen LogP contribution in [0, 0.1) is 0 Å². The minimum absolute atomic E-state index is 0.0461. The van der Waals surface area contributed by atoms with Crippen molar-refractivity contribution in [3.63, 3.8) is 0 Å². The number of aliphatic carboxylic acids is 1. The Hall–Kier alpha value is -3.54. The lowest BCUT2D eigenvalue weighted by atomic mass is 10.0. The first-order valence-electron chi connectivity index (χ1n) is 10.9. The molecule has 2 amide bonds. The SMILES string of the molecule is CCO/N=C(\C(=O)N[C@@H]1C(=O)N2C(C(=O)[O-])=C(Cn3c[n+]4ccsc4c3CO)CS[C@H]12)c1nsc(N)n1. The number of nitrogens with one attached hydrogen (secondary N) is 1. The van der Waals surface area contributed by atoms with Crippen LogP contribution >= 0.6 is 34.6 Å². The summed E-state index contributed by atoms with van der Waals surface area (Å²) in [7, 11) is 0. The van der Waals surface area contributed by atoms with Gasteiger partial charge in [-0.05, 0) is 6.92 Å². The summed E-state index contributed by atoms with van der Waals surface area (Å²) in [4.78, 5) is 49.0. The van der Waals surface area contributed by atoms with E-state index >= 15 is 0 Å². The summed E-state index contributed by atoms with van der Waals surface area (Å²) >= 11 is 3.63. The van der Waals surface area contributed by atoms with Crippen molar-refractivity contribution in [2.24, 2.45) is 5.16 Å². The van der Waals surface area contributed by atoms with E-state index < -0.39 is 29.2 Å². The number of nitrogen functional groups attached to an aromatic ring is 1. The van der Waals surface area contributed by atoms with Gasteiger partial charge in [0.15, 0.2) is 10.8 Å². The molecule has 2 aliphatic heterocycles. The summed E-state index contributed by atoms with van der Waals surface area (Å²) in [5.74, 6) is -2.63. The number of rotatable bonds is 9. The van der Waals surface area contributed by atoms with E-state index in [9.17, 15) is 24.6 Å². The van der Waals surface area contributed by atoms with Crippen LogP contribution in [0.3, 0.4) is 0 Å². The number of anilines is 1. The lowest BCUT2D eigenvalue weighted by molar-refractivity contribution is -0.508. The minimum Gasteiger partial charge on any atom is -0.543 e. The monoisotopic (exact) mass is 564 g/mol. The molecule has 2 atom stereocenters. The fourth-order valence-corrected chi connectivity index (χ4v) is 6.73. The van der Waals surface area contributed by atoms with E-state index in [0.29, 0.717) is 11.3 Å². The average Bonchev–Trinajstić information content (AvgIpc) is 3.58. The average molecular weight is 565 g/mol.